The molecule has 0 saturated carbocycles. The third-order valence-corrected chi connectivity index (χ3v) is 6.50. The van der Waals surface area contributed by atoms with E-state index in [1.165, 1.54) is 4.68 Å². The number of halogens is 4. The van der Waals surface area contributed by atoms with Gasteiger partial charge in [0.15, 0.2) is 10.8 Å². The predicted molar refractivity (Wildman–Crippen MR) is 110 cm³/mol. The maximum atomic E-state index is 14.0. The summed E-state index contributed by atoms with van der Waals surface area (Å²) in [6, 6.07) is 0.691. The Morgan fingerprint density at radius 3 is 3.04 bits per heavy atom. The van der Waals surface area contributed by atoms with Crippen molar-refractivity contribution in [1.29, 1.82) is 0 Å². The number of nitrogens with zero attached hydrogens (tertiary/aromatic N) is 3. The number of alkyl halides is 1. The highest BCUT2D eigenvalue weighted by Gasteiger charge is 2.35. The number of rotatable bonds is 4. The number of hydrogen-bond acceptors (Lipinski definition) is 4. The Labute approximate surface area is 182 Å². The number of fused-ring (bicyclic) bond motifs is 2. The van der Waals surface area contributed by atoms with Crippen molar-refractivity contribution in [1.82, 2.24) is 19.3 Å². The maximum absolute atomic E-state index is 14.0. The minimum atomic E-state index is -1.05. The van der Waals surface area contributed by atoms with Crippen LogP contribution in [0.1, 0.15) is 24.4 Å². The van der Waals surface area contributed by atoms with Gasteiger partial charge in [-0.15, -0.1) is 0 Å². The number of carbonyl (C=O) groups is 1. The van der Waals surface area contributed by atoms with Crippen LogP contribution in [0.3, 0.4) is 0 Å². The monoisotopic (exact) mass is 506 g/mol. The molecule has 1 aromatic carbocycles. The number of aromatic nitrogens is 4. The van der Waals surface area contributed by atoms with Crippen LogP contribution >= 0.6 is 51.3 Å². The molecule has 6 nitrogen and oxygen atoms in total. The standard InChI is InChI=1S/C17H14BrCl2FN4O2S/c1-2-27-16(26)15(14-11-3-7(21)5-24(11)17(28)22-14)25-6-8-10(19)4-9(18)12(20)13(8)23-25/h4,6-7,15H,2-3,5H2,1H3,(H,22,28). The fraction of sp³-hybridized carbons (Fsp3) is 0.353. The van der Waals surface area contributed by atoms with Gasteiger partial charge >= 0.3 is 5.97 Å². The van der Waals surface area contributed by atoms with Crippen molar-refractivity contribution in [3.05, 3.63) is 42.9 Å². The molecule has 0 amide bonds. The first-order valence-electron chi connectivity index (χ1n) is 8.46. The van der Waals surface area contributed by atoms with E-state index in [0.717, 1.165) is 0 Å². The van der Waals surface area contributed by atoms with E-state index in [9.17, 15) is 9.18 Å². The van der Waals surface area contributed by atoms with Crippen LogP contribution < -0.4 is 0 Å². The SMILES string of the molecule is CCOC(=O)C(c1[nH]c(=S)n2c1CC(F)C2)n1cc2c(Cl)cc(Br)c(Cl)c2n1. The van der Waals surface area contributed by atoms with Crippen molar-refractivity contribution in [2.24, 2.45) is 0 Å². The summed E-state index contributed by atoms with van der Waals surface area (Å²) in [4.78, 5) is 15.9. The Morgan fingerprint density at radius 1 is 1.57 bits per heavy atom. The Morgan fingerprint density at radius 2 is 2.32 bits per heavy atom. The maximum Gasteiger partial charge on any atom is 0.337 e. The molecule has 11 heteroatoms. The molecular weight excluding hydrogens is 494 g/mol. The van der Waals surface area contributed by atoms with Gasteiger partial charge in [0.25, 0.3) is 0 Å². The first-order chi connectivity index (χ1) is 13.3. The molecule has 0 fully saturated rings. The Bertz CT molecular complexity index is 1160. The van der Waals surface area contributed by atoms with E-state index in [-0.39, 0.29) is 19.6 Å². The van der Waals surface area contributed by atoms with E-state index in [4.69, 9.17) is 40.2 Å². The summed E-state index contributed by atoms with van der Waals surface area (Å²) in [5.74, 6) is -0.538. The number of imidazole rings is 1. The van der Waals surface area contributed by atoms with Crippen molar-refractivity contribution in [3.8, 4) is 0 Å². The molecule has 2 aromatic heterocycles. The van der Waals surface area contributed by atoms with Crippen molar-refractivity contribution >= 4 is 68.2 Å². The van der Waals surface area contributed by atoms with E-state index in [1.54, 1.807) is 23.8 Å². The smallest absolute Gasteiger partial charge is 0.337 e. The number of esters is 1. The molecule has 0 bridgehead atoms. The minimum Gasteiger partial charge on any atom is -0.464 e. The molecule has 2 unspecified atom stereocenters. The number of ether oxygens (including phenoxy) is 1. The lowest BCUT2D eigenvalue weighted by Gasteiger charge is -2.16. The van der Waals surface area contributed by atoms with Crippen LogP contribution in [0.4, 0.5) is 4.39 Å². The lowest BCUT2D eigenvalue weighted by Crippen LogP contribution is -2.25. The molecule has 0 saturated heterocycles. The largest absolute Gasteiger partial charge is 0.464 e. The van der Waals surface area contributed by atoms with Crippen LogP contribution in [0.25, 0.3) is 10.9 Å². The van der Waals surface area contributed by atoms with E-state index in [1.807, 2.05) is 0 Å². The number of hydrogen-bond donors (Lipinski definition) is 1. The van der Waals surface area contributed by atoms with Crippen molar-refractivity contribution in [2.45, 2.75) is 32.1 Å². The molecule has 3 heterocycles. The fourth-order valence-electron chi connectivity index (χ4n) is 3.44. The van der Waals surface area contributed by atoms with Crippen molar-refractivity contribution in [3.63, 3.8) is 0 Å². The summed E-state index contributed by atoms with van der Waals surface area (Å²) in [5.41, 5.74) is 1.53. The predicted octanol–water partition coefficient (Wildman–Crippen LogP) is 5.01. The molecule has 0 aliphatic carbocycles. The van der Waals surface area contributed by atoms with Gasteiger partial charge in [-0.2, -0.15) is 5.10 Å². The van der Waals surface area contributed by atoms with E-state index in [0.29, 0.717) is 41.6 Å². The summed E-state index contributed by atoms with van der Waals surface area (Å²) in [5, 5.41) is 5.87. The van der Waals surface area contributed by atoms with Crippen LogP contribution in [0.15, 0.2) is 16.7 Å². The van der Waals surface area contributed by atoms with Crippen LogP contribution in [-0.4, -0.2) is 38.1 Å². The topological polar surface area (TPSA) is 64.8 Å². The van der Waals surface area contributed by atoms with Gasteiger partial charge in [-0.3, -0.25) is 4.68 Å². The average molecular weight is 508 g/mol. The van der Waals surface area contributed by atoms with Gasteiger partial charge in [-0.1, -0.05) is 23.2 Å². The van der Waals surface area contributed by atoms with Crippen molar-refractivity contribution < 1.29 is 13.9 Å². The average Bonchev–Trinajstić information content (AvgIpc) is 3.30. The zero-order valence-electron chi connectivity index (χ0n) is 14.5. The third-order valence-electron chi connectivity index (χ3n) is 4.63. The number of nitrogens with one attached hydrogen (secondary N) is 1. The van der Waals surface area contributed by atoms with Gasteiger partial charge in [-0.25, -0.2) is 9.18 Å². The molecular formula is C17H14BrCl2FN4O2S. The van der Waals surface area contributed by atoms with Gasteiger partial charge in [0.1, 0.15) is 11.7 Å². The zero-order valence-corrected chi connectivity index (χ0v) is 18.4. The van der Waals surface area contributed by atoms with E-state index in [2.05, 4.69) is 26.0 Å². The highest BCUT2D eigenvalue weighted by Crippen LogP contribution is 2.37. The summed E-state index contributed by atoms with van der Waals surface area (Å²) in [6.45, 7) is 2.06. The lowest BCUT2D eigenvalue weighted by molar-refractivity contribution is -0.146. The number of carbonyl (C=O) groups excluding carboxylic acids is 1. The lowest BCUT2D eigenvalue weighted by atomic mass is 10.1. The summed E-state index contributed by atoms with van der Waals surface area (Å²) >= 11 is 21.3. The van der Waals surface area contributed by atoms with E-state index < -0.39 is 18.2 Å². The van der Waals surface area contributed by atoms with Crippen LogP contribution in [0, 0.1) is 4.77 Å². The number of H-pyrrole nitrogens is 1. The van der Waals surface area contributed by atoms with Gasteiger partial charge in [0, 0.05) is 28.2 Å². The molecule has 1 aliphatic heterocycles. The molecule has 1 N–H and O–H groups in total. The van der Waals surface area contributed by atoms with Gasteiger partial charge < -0.3 is 14.3 Å². The molecule has 0 spiro atoms. The fourth-order valence-corrected chi connectivity index (χ4v) is 4.73. The van der Waals surface area contributed by atoms with Crippen LogP contribution in [0.2, 0.25) is 10.0 Å². The second kappa shape index (κ2) is 7.44. The molecule has 0 radical (unpaired) electrons. The highest BCUT2D eigenvalue weighted by molar-refractivity contribution is 9.10. The summed E-state index contributed by atoms with van der Waals surface area (Å²) < 4.78 is 23.3. The molecule has 1 aliphatic rings. The molecule has 28 heavy (non-hydrogen) atoms. The van der Waals surface area contributed by atoms with Gasteiger partial charge in [-0.05, 0) is 41.1 Å². The summed E-state index contributed by atoms with van der Waals surface area (Å²) in [6.07, 6.45) is 0.733. The molecule has 2 atom stereocenters. The number of benzene rings is 1. The minimum absolute atomic E-state index is 0.159. The van der Waals surface area contributed by atoms with Crippen LogP contribution in [0.5, 0.6) is 0 Å². The third kappa shape index (κ3) is 3.18. The molecule has 148 valence electrons. The Hall–Kier alpha value is -1.42. The highest BCUT2D eigenvalue weighted by atomic mass is 79.9. The summed E-state index contributed by atoms with van der Waals surface area (Å²) in [7, 11) is 0. The van der Waals surface area contributed by atoms with Crippen molar-refractivity contribution in [2.75, 3.05) is 6.61 Å². The Kier molecular flexibility index (Phi) is 5.28. The van der Waals surface area contributed by atoms with E-state index >= 15 is 0 Å². The van der Waals surface area contributed by atoms with Crippen LogP contribution in [-0.2, 0) is 22.5 Å². The second-order valence-electron chi connectivity index (χ2n) is 6.38. The second-order valence-corrected chi connectivity index (χ2v) is 8.41. The van der Waals surface area contributed by atoms with Gasteiger partial charge in [0.2, 0.25) is 0 Å². The van der Waals surface area contributed by atoms with Gasteiger partial charge in [0.05, 0.1) is 28.9 Å². The molecule has 4 rings (SSSR count). The zero-order chi connectivity index (χ0) is 20.2. The first kappa shape index (κ1) is 19.9. The quantitative estimate of drug-likeness (QED) is 0.306. The normalized spacial score (nSPS) is 17.1. The molecule has 3 aromatic rings. The first-order valence-corrected chi connectivity index (χ1v) is 10.4. The Balaban J connectivity index is 1.92. The number of aromatic amines is 1.